The summed E-state index contributed by atoms with van der Waals surface area (Å²) in [4.78, 5) is 62.0. The molecule has 14 heteroatoms. The number of carbonyl (C=O) groups excluding carboxylic acids is 4. The zero-order valence-corrected chi connectivity index (χ0v) is 32.9. The third-order valence-corrected chi connectivity index (χ3v) is 12.8. The maximum atomic E-state index is 13.1. The number of rotatable bonds is 15. The van der Waals surface area contributed by atoms with Crippen LogP contribution in [0.5, 0.6) is 5.88 Å². The first-order chi connectivity index (χ1) is 28.8. The third kappa shape index (κ3) is 7.23. The first-order valence-corrected chi connectivity index (χ1v) is 20.6. The number of hydrogen-bond donors (Lipinski definition) is 1. The number of pyridine rings is 2. The van der Waals surface area contributed by atoms with Gasteiger partial charge in [0.1, 0.15) is 12.1 Å². The lowest BCUT2D eigenvalue weighted by molar-refractivity contribution is -0.136. The maximum absolute atomic E-state index is 13.1. The van der Waals surface area contributed by atoms with Gasteiger partial charge in [0.15, 0.2) is 0 Å². The van der Waals surface area contributed by atoms with Crippen molar-refractivity contribution in [2.75, 3.05) is 51.0 Å². The zero-order valence-electron chi connectivity index (χ0n) is 32.9. The Morgan fingerprint density at radius 2 is 1.59 bits per heavy atom. The second-order valence-electron chi connectivity index (χ2n) is 16.5. The number of hydrogen-bond acceptors (Lipinski definition) is 11. The minimum Gasteiger partial charge on any atom is -0.474 e. The van der Waals surface area contributed by atoms with Crippen LogP contribution in [0, 0.1) is 17.8 Å². The van der Waals surface area contributed by atoms with Gasteiger partial charge in [0.2, 0.25) is 17.7 Å². The van der Waals surface area contributed by atoms with Gasteiger partial charge in [-0.2, -0.15) is 0 Å². The zero-order chi connectivity index (χ0) is 40.2. The van der Waals surface area contributed by atoms with Gasteiger partial charge in [0.05, 0.1) is 49.2 Å². The van der Waals surface area contributed by atoms with Crippen LogP contribution in [-0.4, -0.2) is 107 Å². The first-order valence-electron chi connectivity index (χ1n) is 20.6. The van der Waals surface area contributed by atoms with E-state index in [0.717, 1.165) is 46.5 Å². The van der Waals surface area contributed by atoms with Gasteiger partial charge in [-0.05, 0) is 85.4 Å². The molecule has 2 unspecified atom stereocenters. The minimum atomic E-state index is -0.976. The van der Waals surface area contributed by atoms with Crippen molar-refractivity contribution in [3.8, 4) is 17.0 Å². The highest BCUT2D eigenvalue weighted by Crippen LogP contribution is 2.52. The number of piperidine rings is 1. The van der Waals surface area contributed by atoms with E-state index in [0.29, 0.717) is 63.2 Å². The molecule has 2 saturated carbocycles. The van der Waals surface area contributed by atoms with Crippen molar-refractivity contribution >= 4 is 51.1 Å². The number of nitrogens with zero attached hydrogens (tertiary/aromatic N) is 5. The standard InChI is InChI=1S/C45H46N6O8/c1-49-38-10-11-46-22-37(38)33-5-2-26(19-40(33)49)27-3-9-42(47-21-27)59-31-16-28(17-31)35-18-29(35)25-57-13-12-56-14-15-58-32-23-50(24-32)30-4-6-34-36(20-30)45(55)51(44(34)54)39-7-8-41(52)48-43(39)53/h2-6,9-11,19-22,28-29,31-32,35,39H,7-8,12-18,23-25H2,1H3,(H,48,52,53)/t28-,29-,31-,35?,39?/m0/s1. The molecule has 5 aromatic rings. The summed E-state index contributed by atoms with van der Waals surface area (Å²) < 4.78 is 26.1. The van der Waals surface area contributed by atoms with E-state index in [1.165, 1.54) is 22.8 Å². The highest BCUT2D eigenvalue weighted by Gasteiger charge is 2.49. The Bertz CT molecular complexity index is 2460. The molecule has 3 atom stereocenters. The molecule has 3 aliphatic heterocycles. The molecule has 0 radical (unpaired) electrons. The molecule has 5 aliphatic rings. The largest absolute Gasteiger partial charge is 0.474 e. The lowest BCUT2D eigenvalue weighted by Crippen LogP contribution is -2.54. The molecule has 2 saturated heterocycles. The smallest absolute Gasteiger partial charge is 0.262 e. The fourth-order valence-electron chi connectivity index (χ4n) is 9.26. The van der Waals surface area contributed by atoms with Crippen molar-refractivity contribution in [3.05, 3.63) is 84.3 Å². The Morgan fingerprint density at radius 3 is 2.42 bits per heavy atom. The number of fused-ring (bicyclic) bond motifs is 4. The van der Waals surface area contributed by atoms with E-state index in [2.05, 4.69) is 62.1 Å². The number of benzene rings is 2. The van der Waals surface area contributed by atoms with Gasteiger partial charge in [-0.1, -0.05) is 12.1 Å². The fourth-order valence-corrected chi connectivity index (χ4v) is 9.26. The number of carbonyl (C=O) groups is 4. The Kier molecular flexibility index (Phi) is 9.85. The van der Waals surface area contributed by atoms with Crippen LogP contribution in [0.25, 0.3) is 32.9 Å². The topological polar surface area (TPSA) is 154 Å². The molecule has 3 aromatic heterocycles. The summed E-state index contributed by atoms with van der Waals surface area (Å²) >= 11 is 0. The van der Waals surface area contributed by atoms with Crippen molar-refractivity contribution in [1.82, 2.24) is 24.8 Å². The number of anilines is 1. The fraction of sp³-hybridized carbons (Fsp3) is 0.422. The average Bonchev–Trinajstić information content (AvgIpc) is 3.86. The summed E-state index contributed by atoms with van der Waals surface area (Å²) in [6, 6.07) is 16.8. The predicted octanol–water partition coefficient (Wildman–Crippen LogP) is 4.92. The van der Waals surface area contributed by atoms with Gasteiger partial charge in [-0.3, -0.25) is 34.4 Å². The number of amides is 4. The lowest BCUT2D eigenvalue weighted by Gasteiger charge is -2.40. The van der Waals surface area contributed by atoms with Gasteiger partial charge in [-0.25, -0.2) is 4.98 Å². The molecule has 0 spiro atoms. The van der Waals surface area contributed by atoms with Crippen LogP contribution in [0.1, 0.15) is 52.8 Å². The van der Waals surface area contributed by atoms with Crippen molar-refractivity contribution < 1.29 is 38.1 Å². The Morgan fingerprint density at radius 1 is 0.780 bits per heavy atom. The molecule has 2 aromatic carbocycles. The molecule has 2 aliphatic carbocycles. The van der Waals surface area contributed by atoms with Crippen LogP contribution in [0.4, 0.5) is 5.69 Å². The van der Waals surface area contributed by atoms with Crippen LogP contribution in [0.15, 0.2) is 73.2 Å². The third-order valence-electron chi connectivity index (χ3n) is 12.8. The monoisotopic (exact) mass is 798 g/mol. The van der Waals surface area contributed by atoms with Gasteiger partial charge in [0.25, 0.3) is 11.8 Å². The Labute approximate surface area is 340 Å². The summed E-state index contributed by atoms with van der Waals surface area (Å²) in [6.45, 7) is 4.13. The molecule has 304 valence electrons. The normalized spacial score (nSPS) is 24.1. The molecular formula is C45H46N6O8. The Hall–Kier alpha value is -5.70. The van der Waals surface area contributed by atoms with Crippen LogP contribution in [0.2, 0.25) is 0 Å². The van der Waals surface area contributed by atoms with Gasteiger partial charge < -0.3 is 28.4 Å². The van der Waals surface area contributed by atoms with Crippen LogP contribution in [0.3, 0.4) is 0 Å². The maximum Gasteiger partial charge on any atom is 0.262 e. The van der Waals surface area contributed by atoms with Gasteiger partial charge in [-0.15, -0.1) is 0 Å². The highest BCUT2D eigenvalue weighted by atomic mass is 16.5. The van der Waals surface area contributed by atoms with Crippen molar-refractivity contribution in [2.24, 2.45) is 24.8 Å². The number of nitrogens with one attached hydrogen (secondary N) is 1. The number of aryl methyl sites for hydroxylation is 1. The number of imide groups is 2. The molecule has 10 rings (SSSR count). The van der Waals surface area contributed by atoms with Crippen LogP contribution in [-0.2, 0) is 30.8 Å². The summed E-state index contributed by atoms with van der Waals surface area (Å²) in [7, 11) is 2.09. The van der Waals surface area contributed by atoms with Crippen molar-refractivity contribution in [2.45, 2.75) is 50.4 Å². The number of ether oxygens (including phenoxy) is 4. The van der Waals surface area contributed by atoms with E-state index in [1.54, 1.807) is 12.1 Å². The second-order valence-corrected chi connectivity index (χ2v) is 16.5. The molecular weight excluding hydrogens is 753 g/mol. The minimum absolute atomic E-state index is 0.0432. The summed E-state index contributed by atoms with van der Waals surface area (Å²) in [5.41, 5.74) is 5.90. The highest BCUT2D eigenvalue weighted by molar-refractivity contribution is 6.23. The molecule has 6 heterocycles. The molecule has 1 N–H and O–H groups in total. The van der Waals surface area contributed by atoms with E-state index in [1.807, 2.05) is 30.7 Å². The Balaban J connectivity index is 0.579. The average molecular weight is 799 g/mol. The van der Waals surface area contributed by atoms with Gasteiger partial charge in [0, 0.05) is 85.4 Å². The summed E-state index contributed by atoms with van der Waals surface area (Å²) in [5, 5.41) is 4.58. The summed E-state index contributed by atoms with van der Waals surface area (Å²) in [5.74, 6) is 0.682. The predicted molar refractivity (Wildman–Crippen MR) is 217 cm³/mol. The van der Waals surface area contributed by atoms with E-state index in [4.69, 9.17) is 18.9 Å². The molecule has 4 fully saturated rings. The van der Waals surface area contributed by atoms with E-state index < -0.39 is 29.7 Å². The van der Waals surface area contributed by atoms with E-state index in [-0.39, 0.29) is 36.2 Å². The van der Waals surface area contributed by atoms with Gasteiger partial charge >= 0.3 is 0 Å². The molecule has 4 amide bonds. The van der Waals surface area contributed by atoms with Crippen molar-refractivity contribution in [1.29, 1.82) is 0 Å². The quantitative estimate of drug-likeness (QED) is 0.113. The van der Waals surface area contributed by atoms with Crippen LogP contribution >= 0.6 is 0 Å². The van der Waals surface area contributed by atoms with Crippen LogP contribution < -0.4 is 15.0 Å². The molecule has 14 nitrogen and oxygen atoms in total. The SMILES string of the molecule is Cn1c2ccncc2c2ccc(-c3ccc(O[C@H]4C[C@H](C5C[C@H]5COCCOCCOC5CN(c6ccc7c(c6)C(=O)N(C6CCC(=O)NC6=O)C7=O)C5)C4)nc3)cc21. The number of aromatic nitrogens is 3. The van der Waals surface area contributed by atoms with Crippen molar-refractivity contribution in [3.63, 3.8) is 0 Å². The summed E-state index contributed by atoms with van der Waals surface area (Å²) in [6.07, 6.45) is 9.50. The van der Waals surface area contributed by atoms with E-state index >= 15 is 0 Å². The molecule has 59 heavy (non-hydrogen) atoms. The van der Waals surface area contributed by atoms with E-state index in [9.17, 15) is 19.2 Å². The second kappa shape index (κ2) is 15.5. The lowest BCUT2D eigenvalue weighted by atomic mass is 9.78. The first kappa shape index (κ1) is 37.6. The molecule has 0 bridgehead atoms.